The van der Waals surface area contributed by atoms with Crippen molar-refractivity contribution in [2.75, 3.05) is 0 Å². The molecule has 26 heavy (non-hydrogen) atoms. The smallest absolute Gasteiger partial charge is 0.336 e. The van der Waals surface area contributed by atoms with Gasteiger partial charge in [-0.3, -0.25) is 0 Å². The summed E-state index contributed by atoms with van der Waals surface area (Å²) in [4.78, 5) is 11.4. The highest BCUT2D eigenvalue weighted by Gasteiger charge is 2.11. The molecule has 0 N–H and O–H groups in total. The average molecular weight is 338 g/mol. The Hall–Kier alpha value is -3.59. The lowest BCUT2D eigenvalue weighted by Gasteiger charge is -2.04. The first-order valence-corrected chi connectivity index (χ1v) is 8.39. The Morgan fingerprint density at radius 3 is 2.19 bits per heavy atom. The summed E-state index contributed by atoms with van der Waals surface area (Å²) in [5.41, 5.74) is 5.35. The zero-order valence-electron chi connectivity index (χ0n) is 13.8. The van der Waals surface area contributed by atoms with Gasteiger partial charge in [-0.1, -0.05) is 54.6 Å². The van der Waals surface area contributed by atoms with Gasteiger partial charge in [0.25, 0.3) is 0 Å². The molecule has 0 unspecified atom stereocenters. The highest BCUT2D eigenvalue weighted by Crippen LogP contribution is 2.34. The molecule has 0 saturated heterocycles. The lowest BCUT2D eigenvalue weighted by atomic mass is 9.99. The highest BCUT2D eigenvalue weighted by molar-refractivity contribution is 6.01. The van der Waals surface area contributed by atoms with Gasteiger partial charge in [0.1, 0.15) is 11.2 Å². The number of hydrogen-bond acceptors (Lipinski definition) is 3. The monoisotopic (exact) mass is 338 g/mol. The van der Waals surface area contributed by atoms with E-state index in [9.17, 15) is 4.79 Å². The van der Waals surface area contributed by atoms with Crippen LogP contribution in [0, 0.1) is 0 Å². The van der Waals surface area contributed by atoms with Gasteiger partial charge in [0.2, 0.25) is 0 Å². The van der Waals surface area contributed by atoms with E-state index in [2.05, 4.69) is 36.4 Å². The van der Waals surface area contributed by atoms with Crippen molar-refractivity contribution in [3.05, 3.63) is 95.5 Å². The molecule has 5 aromatic rings. The molecule has 0 amide bonds. The summed E-state index contributed by atoms with van der Waals surface area (Å²) in [5, 5.41) is 1.87. The molecule has 0 bridgehead atoms. The molecule has 0 atom stereocenters. The lowest BCUT2D eigenvalue weighted by molar-refractivity contribution is 0.559. The van der Waals surface area contributed by atoms with Crippen molar-refractivity contribution in [3.8, 4) is 22.3 Å². The first-order chi connectivity index (χ1) is 12.8. The predicted octanol–water partition coefficient (Wildman–Crippen LogP) is 5.87. The second kappa shape index (κ2) is 5.74. The number of benzene rings is 3. The van der Waals surface area contributed by atoms with Crippen molar-refractivity contribution in [3.63, 3.8) is 0 Å². The molecule has 3 aromatic carbocycles. The van der Waals surface area contributed by atoms with Crippen LogP contribution in [-0.2, 0) is 0 Å². The molecule has 0 aliphatic heterocycles. The third-order valence-corrected chi connectivity index (χ3v) is 4.62. The molecule has 2 aromatic heterocycles. The minimum atomic E-state index is -0.361. The molecule has 0 radical (unpaired) electrons. The van der Waals surface area contributed by atoms with Crippen LogP contribution in [0.25, 0.3) is 44.2 Å². The van der Waals surface area contributed by atoms with Crippen molar-refractivity contribution in [1.29, 1.82) is 0 Å². The van der Waals surface area contributed by atoms with Gasteiger partial charge in [-0.05, 0) is 28.8 Å². The molecule has 0 aliphatic rings. The number of fused-ring (bicyclic) bond motifs is 2. The molecular formula is C23H14O3. The molecule has 0 spiro atoms. The van der Waals surface area contributed by atoms with Gasteiger partial charge < -0.3 is 8.83 Å². The molecule has 0 saturated carbocycles. The number of furan rings is 1. The summed E-state index contributed by atoms with van der Waals surface area (Å²) < 4.78 is 10.9. The largest absolute Gasteiger partial charge is 0.464 e. The second-order valence-electron chi connectivity index (χ2n) is 6.23. The maximum Gasteiger partial charge on any atom is 0.336 e. The van der Waals surface area contributed by atoms with E-state index in [-0.39, 0.29) is 5.63 Å². The maximum absolute atomic E-state index is 11.4. The number of hydrogen-bond donors (Lipinski definition) is 0. The SMILES string of the molecule is O=c1ccc2cc3c(-c4ccc(-c5ccccc5)cc4)coc3cc2o1. The van der Waals surface area contributed by atoms with Gasteiger partial charge in [-0.2, -0.15) is 0 Å². The van der Waals surface area contributed by atoms with Gasteiger partial charge in [0.15, 0.2) is 0 Å². The van der Waals surface area contributed by atoms with E-state index in [1.54, 1.807) is 18.4 Å². The van der Waals surface area contributed by atoms with E-state index >= 15 is 0 Å². The molecule has 5 rings (SSSR count). The second-order valence-corrected chi connectivity index (χ2v) is 6.23. The molecule has 3 heteroatoms. The summed E-state index contributed by atoms with van der Waals surface area (Å²) in [5.74, 6) is 0. The Labute approximate surface area is 149 Å². The van der Waals surface area contributed by atoms with Gasteiger partial charge in [0.05, 0.1) is 6.26 Å². The van der Waals surface area contributed by atoms with Crippen LogP contribution in [0.5, 0.6) is 0 Å². The minimum absolute atomic E-state index is 0.361. The van der Waals surface area contributed by atoms with Crippen LogP contribution < -0.4 is 5.63 Å². The molecule has 3 nitrogen and oxygen atoms in total. The van der Waals surface area contributed by atoms with Crippen molar-refractivity contribution in [1.82, 2.24) is 0 Å². The van der Waals surface area contributed by atoms with Gasteiger partial charge in [-0.15, -0.1) is 0 Å². The fourth-order valence-corrected chi connectivity index (χ4v) is 3.29. The molecular weight excluding hydrogens is 324 g/mol. The normalized spacial score (nSPS) is 11.2. The molecule has 124 valence electrons. The van der Waals surface area contributed by atoms with E-state index in [1.165, 1.54) is 17.2 Å². The summed E-state index contributed by atoms with van der Waals surface area (Å²) in [6.07, 6.45) is 1.75. The Morgan fingerprint density at radius 2 is 1.38 bits per heavy atom. The zero-order valence-corrected chi connectivity index (χ0v) is 13.8. The van der Waals surface area contributed by atoms with E-state index in [0.717, 1.165) is 21.9 Å². The quantitative estimate of drug-likeness (QED) is 0.378. The van der Waals surface area contributed by atoms with Crippen LogP contribution in [0.3, 0.4) is 0 Å². The van der Waals surface area contributed by atoms with E-state index in [4.69, 9.17) is 8.83 Å². The summed E-state index contributed by atoms with van der Waals surface area (Å²) in [6, 6.07) is 25.7. The van der Waals surface area contributed by atoms with Crippen LogP contribution >= 0.6 is 0 Å². The summed E-state index contributed by atoms with van der Waals surface area (Å²) in [7, 11) is 0. The van der Waals surface area contributed by atoms with Gasteiger partial charge >= 0.3 is 5.63 Å². The maximum atomic E-state index is 11.4. The van der Waals surface area contributed by atoms with Crippen LogP contribution in [0.1, 0.15) is 0 Å². The third-order valence-electron chi connectivity index (χ3n) is 4.62. The minimum Gasteiger partial charge on any atom is -0.464 e. The van der Waals surface area contributed by atoms with Crippen molar-refractivity contribution < 1.29 is 8.83 Å². The van der Waals surface area contributed by atoms with E-state index in [0.29, 0.717) is 11.2 Å². The average Bonchev–Trinajstić information content (AvgIpc) is 3.10. The van der Waals surface area contributed by atoms with E-state index in [1.807, 2.05) is 24.3 Å². The molecule has 2 heterocycles. The van der Waals surface area contributed by atoms with Gasteiger partial charge in [0, 0.05) is 28.5 Å². The van der Waals surface area contributed by atoms with Gasteiger partial charge in [-0.25, -0.2) is 4.79 Å². The fraction of sp³-hybridized carbons (Fsp3) is 0. The van der Waals surface area contributed by atoms with Crippen LogP contribution in [0.4, 0.5) is 0 Å². The van der Waals surface area contributed by atoms with E-state index < -0.39 is 0 Å². The Bertz CT molecular complexity index is 1280. The Balaban J connectivity index is 1.62. The van der Waals surface area contributed by atoms with Crippen molar-refractivity contribution in [2.24, 2.45) is 0 Å². The van der Waals surface area contributed by atoms with Crippen LogP contribution in [-0.4, -0.2) is 0 Å². The standard InChI is InChI=1S/C23H14O3/c24-23-11-10-18-12-19-20(14-25-22(19)13-21(18)26-23)17-8-6-16(7-9-17)15-4-2-1-3-5-15/h1-14H. The topological polar surface area (TPSA) is 43.4 Å². The number of rotatable bonds is 2. The summed E-state index contributed by atoms with van der Waals surface area (Å²) >= 11 is 0. The first kappa shape index (κ1) is 14.7. The Kier molecular flexibility index (Phi) is 3.25. The zero-order chi connectivity index (χ0) is 17.5. The highest BCUT2D eigenvalue weighted by atomic mass is 16.4. The lowest BCUT2D eigenvalue weighted by Crippen LogP contribution is -1.93. The third kappa shape index (κ3) is 2.42. The first-order valence-electron chi connectivity index (χ1n) is 8.39. The van der Waals surface area contributed by atoms with Crippen molar-refractivity contribution in [2.45, 2.75) is 0 Å². The molecule has 0 fully saturated rings. The fourth-order valence-electron chi connectivity index (χ4n) is 3.29. The van der Waals surface area contributed by atoms with Crippen LogP contribution in [0.15, 0.2) is 98.8 Å². The predicted molar refractivity (Wildman–Crippen MR) is 103 cm³/mol. The Morgan fingerprint density at radius 1 is 0.654 bits per heavy atom. The van der Waals surface area contributed by atoms with Crippen molar-refractivity contribution >= 4 is 21.9 Å². The molecule has 0 aliphatic carbocycles. The summed E-state index contributed by atoms with van der Waals surface area (Å²) in [6.45, 7) is 0. The van der Waals surface area contributed by atoms with Crippen LogP contribution in [0.2, 0.25) is 0 Å².